The maximum atomic E-state index is 12.2. The van der Waals surface area contributed by atoms with Gasteiger partial charge in [0, 0.05) is 36.2 Å². The summed E-state index contributed by atoms with van der Waals surface area (Å²) in [5.41, 5.74) is -0.152. The van der Waals surface area contributed by atoms with E-state index in [1.165, 1.54) is 7.11 Å². The number of hydrogen-bond acceptors (Lipinski definition) is 7. The number of nitrogens with zero attached hydrogens (tertiary/aromatic N) is 1. The van der Waals surface area contributed by atoms with Crippen LogP contribution in [0.2, 0.25) is 0 Å². The molecule has 1 aliphatic rings. The van der Waals surface area contributed by atoms with Crippen LogP contribution in [0.5, 0.6) is 23.0 Å². The zero-order valence-corrected chi connectivity index (χ0v) is 16.8. The average Bonchev–Trinajstić information content (AvgIpc) is 3.57. The largest absolute Gasteiger partial charge is 0.493 e. The Morgan fingerprint density at radius 3 is 2.43 bits per heavy atom. The first-order chi connectivity index (χ1) is 14.5. The smallest absolute Gasteiger partial charge is 0.319 e. The standard InChI is InChI=1S/C21H18N2O6S/c1-27-17-10-14-15(11-18(17)29-30)22-9-6-16(14)28-13-4-2-12(3-5-13)23-19(24)21(7-8-21)20(25)26/h2-6,9-11,30H,7-8H2,1H3,(H,23,24)(H,25,26). The SMILES string of the molecule is COc1cc2c(Oc3ccc(NC(=O)C4(C(=O)O)CC4)cc3)ccnc2cc1OS. The molecule has 0 saturated heterocycles. The van der Waals surface area contributed by atoms with Gasteiger partial charge < -0.3 is 24.1 Å². The molecular formula is C21H18N2O6S. The van der Waals surface area contributed by atoms with E-state index in [1.807, 2.05) is 0 Å². The number of thiol groups is 1. The summed E-state index contributed by atoms with van der Waals surface area (Å²) in [6, 6.07) is 11.9. The first-order valence-corrected chi connectivity index (χ1v) is 9.44. The van der Waals surface area contributed by atoms with Gasteiger partial charge in [0.05, 0.1) is 12.6 Å². The van der Waals surface area contributed by atoms with Crippen LogP contribution in [0.15, 0.2) is 48.7 Å². The van der Waals surface area contributed by atoms with Gasteiger partial charge in [-0.1, -0.05) is 0 Å². The van der Waals surface area contributed by atoms with Crippen molar-refractivity contribution in [1.82, 2.24) is 4.98 Å². The number of aliphatic carboxylic acids is 1. The lowest BCUT2D eigenvalue weighted by Crippen LogP contribution is -2.31. The van der Waals surface area contributed by atoms with Gasteiger partial charge in [0.15, 0.2) is 11.5 Å². The summed E-state index contributed by atoms with van der Waals surface area (Å²) in [5.74, 6) is 0.426. The number of ether oxygens (including phenoxy) is 2. The number of hydrogen-bond donors (Lipinski definition) is 3. The van der Waals surface area contributed by atoms with E-state index in [-0.39, 0.29) is 0 Å². The Hall–Kier alpha value is -3.46. The number of carboxylic acids is 1. The minimum absolute atomic E-state index is 0.355. The molecule has 0 bridgehead atoms. The van der Waals surface area contributed by atoms with E-state index < -0.39 is 17.3 Å². The number of amides is 1. The van der Waals surface area contributed by atoms with Crippen LogP contribution >= 0.6 is 12.9 Å². The van der Waals surface area contributed by atoms with Crippen molar-refractivity contribution in [3.05, 3.63) is 48.7 Å². The zero-order valence-electron chi connectivity index (χ0n) is 15.9. The summed E-state index contributed by atoms with van der Waals surface area (Å²) in [7, 11) is 1.53. The second-order valence-electron chi connectivity index (χ2n) is 6.89. The van der Waals surface area contributed by atoms with Gasteiger partial charge in [-0.3, -0.25) is 14.6 Å². The zero-order chi connectivity index (χ0) is 21.3. The predicted molar refractivity (Wildman–Crippen MR) is 112 cm³/mol. The number of carbonyl (C=O) groups excluding carboxylic acids is 1. The van der Waals surface area contributed by atoms with E-state index >= 15 is 0 Å². The normalized spacial score (nSPS) is 14.1. The van der Waals surface area contributed by atoms with Crippen molar-refractivity contribution in [2.45, 2.75) is 12.8 Å². The highest BCUT2D eigenvalue weighted by Crippen LogP contribution is 2.46. The molecule has 2 N–H and O–H groups in total. The third kappa shape index (κ3) is 3.59. The number of carboxylic acid groups (broad SMARTS) is 1. The van der Waals surface area contributed by atoms with Crippen molar-refractivity contribution in [3.63, 3.8) is 0 Å². The van der Waals surface area contributed by atoms with E-state index in [9.17, 15) is 14.7 Å². The van der Waals surface area contributed by atoms with Gasteiger partial charge in [0.2, 0.25) is 5.91 Å². The molecule has 30 heavy (non-hydrogen) atoms. The molecular weight excluding hydrogens is 408 g/mol. The highest BCUT2D eigenvalue weighted by molar-refractivity contribution is 7.75. The van der Waals surface area contributed by atoms with Gasteiger partial charge in [-0.15, -0.1) is 0 Å². The predicted octanol–water partition coefficient (Wildman–Crippen LogP) is 4.06. The Labute approximate surface area is 177 Å². The topological polar surface area (TPSA) is 107 Å². The van der Waals surface area contributed by atoms with E-state index in [2.05, 4.69) is 23.2 Å². The van der Waals surface area contributed by atoms with Crippen LogP contribution in [0.1, 0.15) is 12.8 Å². The number of benzene rings is 2. The van der Waals surface area contributed by atoms with Gasteiger partial charge in [-0.05, 0) is 49.2 Å². The van der Waals surface area contributed by atoms with Crippen molar-refractivity contribution >= 4 is 41.4 Å². The lowest BCUT2D eigenvalue weighted by Gasteiger charge is -2.13. The summed E-state index contributed by atoms with van der Waals surface area (Å²) in [6.07, 6.45) is 2.32. The molecule has 0 atom stereocenters. The van der Waals surface area contributed by atoms with Gasteiger partial charge in [0.25, 0.3) is 0 Å². The molecule has 1 heterocycles. The van der Waals surface area contributed by atoms with E-state index in [4.69, 9.17) is 13.7 Å². The number of fused-ring (bicyclic) bond motifs is 1. The third-order valence-electron chi connectivity index (χ3n) is 5.02. The molecule has 1 aliphatic carbocycles. The van der Waals surface area contributed by atoms with Crippen LogP contribution in [0.4, 0.5) is 5.69 Å². The Morgan fingerprint density at radius 2 is 1.83 bits per heavy atom. The van der Waals surface area contributed by atoms with Crippen LogP contribution in [-0.2, 0) is 9.59 Å². The summed E-state index contributed by atoms with van der Waals surface area (Å²) in [5, 5.41) is 12.6. The van der Waals surface area contributed by atoms with Crippen molar-refractivity contribution < 1.29 is 28.4 Å². The summed E-state index contributed by atoms with van der Waals surface area (Å²) >= 11 is 3.83. The molecule has 0 radical (unpaired) electrons. The van der Waals surface area contributed by atoms with Crippen molar-refractivity contribution in [1.29, 1.82) is 0 Å². The minimum Gasteiger partial charge on any atom is -0.493 e. The second kappa shape index (κ2) is 7.75. The molecule has 1 fully saturated rings. The van der Waals surface area contributed by atoms with Crippen LogP contribution in [0.3, 0.4) is 0 Å². The lowest BCUT2D eigenvalue weighted by atomic mass is 10.1. The van der Waals surface area contributed by atoms with E-state index in [0.29, 0.717) is 47.0 Å². The number of nitrogens with one attached hydrogen (secondary N) is 1. The maximum Gasteiger partial charge on any atom is 0.319 e. The third-order valence-corrected chi connectivity index (χ3v) is 5.22. The summed E-state index contributed by atoms with van der Waals surface area (Å²) in [6.45, 7) is 0. The van der Waals surface area contributed by atoms with Gasteiger partial charge in [0.1, 0.15) is 16.9 Å². The van der Waals surface area contributed by atoms with Crippen molar-refractivity contribution in [2.24, 2.45) is 5.41 Å². The number of pyridine rings is 1. The Kier molecular flexibility index (Phi) is 5.13. The number of anilines is 1. The molecule has 0 spiro atoms. The Bertz CT molecular complexity index is 1130. The quantitative estimate of drug-likeness (QED) is 0.297. The Morgan fingerprint density at radius 1 is 1.10 bits per heavy atom. The monoisotopic (exact) mass is 426 g/mol. The first kappa shape index (κ1) is 19.8. The number of rotatable bonds is 7. The number of carbonyl (C=O) groups is 2. The lowest BCUT2D eigenvalue weighted by molar-refractivity contribution is -0.147. The fraction of sp³-hybridized carbons (Fsp3) is 0.190. The highest BCUT2D eigenvalue weighted by atomic mass is 32.1. The summed E-state index contributed by atoms with van der Waals surface area (Å²) in [4.78, 5) is 27.8. The molecule has 3 aromatic rings. The van der Waals surface area contributed by atoms with Gasteiger partial charge >= 0.3 is 5.97 Å². The van der Waals surface area contributed by atoms with Crippen LogP contribution < -0.4 is 19.0 Å². The van der Waals surface area contributed by atoms with Crippen LogP contribution in [0, 0.1) is 5.41 Å². The van der Waals surface area contributed by atoms with Gasteiger partial charge in [-0.2, -0.15) is 0 Å². The van der Waals surface area contributed by atoms with Crippen molar-refractivity contribution in [3.8, 4) is 23.0 Å². The highest BCUT2D eigenvalue weighted by Gasteiger charge is 2.57. The molecule has 154 valence electrons. The second-order valence-corrected chi connectivity index (χ2v) is 7.07. The van der Waals surface area contributed by atoms with E-state index in [1.54, 1.807) is 48.7 Å². The number of methoxy groups -OCH3 is 1. The fourth-order valence-corrected chi connectivity index (χ4v) is 3.24. The Balaban J connectivity index is 1.54. The number of aromatic nitrogens is 1. The maximum absolute atomic E-state index is 12.2. The molecule has 1 amide bonds. The molecule has 0 unspecified atom stereocenters. The molecule has 1 saturated carbocycles. The van der Waals surface area contributed by atoms with Crippen LogP contribution in [0.25, 0.3) is 10.9 Å². The van der Waals surface area contributed by atoms with Gasteiger partial charge in [-0.25, -0.2) is 0 Å². The minimum atomic E-state index is -1.29. The molecule has 4 rings (SSSR count). The molecule has 9 heteroatoms. The first-order valence-electron chi connectivity index (χ1n) is 9.08. The average molecular weight is 426 g/mol. The fourth-order valence-electron chi connectivity index (χ4n) is 3.10. The van der Waals surface area contributed by atoms with E-state index in [0.717, 1.165) is 5.39 Å². The molecule has 1 aromatic heterocycles. The summed E-state index contributed by atoms with van der Waals surface area (Å²) < 4.78 is 16.3. The molecule has 8 nitrogen and oxygen atoms in total. The van der Waals surface area contributed by atoms with Crippen LogP contribution in [-0.4, -0.2) is 29.1 Å². The molecule has 0 aliphatic heterocycles. The molecule has 2 aromatic carbocycles. The van der Waals surface area contributed by atoms with Crippen molar-refractivity contribution in [2.75, 3.05) is 12.4 Å².